The summed E-state index contributed by atoms with van der Waals surface area (Å²) in [5, 5.41) is 8.06. The number of fused-ring (bicyclic) bond motifs is 1. The van der Waals surface area contributed by atoms with Gasteiger partial charge in [0, 0.05) is 18.6 Å². The number of nitrogens with one attached hydrogen (secondary N) is 2. The molecule has 2 rings (SSSR count). The highest BCUT2D eigenvalue weighted by atomic mass is 35.5. The molecule has 82 valence electrons. The highest BCUT2D eigenvalue weighted by Gasteiger charge is 2.05. The van der Waals surface area contributed by atoms with Gasteiger partial charge in [0.15, 0.2) is 5.11 Å². The van der Waals surface area contributed by atoms with Gasteiger partial charge in [-0.25, -0.2) is 0 Å². The third kappa shape index (κ3) is 2.08. The summed E-state index contributed by atoms with van der Waals surface area (Å²) < 4.78 is 0. The zero-order chi connectivity index (χ0) is 11.5. The van der Waals surface area contributed by atoms with E-state index >= 15 is 0 Å². The maximum absolute atomic E-state index is 6.08. The van der Waals surface area contributed by atoms with Crippen molar-refractivity contribution < 1.29 is 0 Å². The summed E-state index contributed by atoms with van der Waals surface area (Å²) in [6, 6.07) is 7.47. The average Bonchev–Trinajstić information content (AvgIpc) is 2.33. The molecule has 1 aromatic heterocycles. The number of hydrogen-bond donors (Lipinski definition) is 2. The average molecular weight is 252 g/mol. The lowest BCUT2D eigenvalue weighted by Gasteiger charge is -2.10. The van der Waals surface area contributed by atoms with Crippen LogP contribution in [0.4, 0.5) is 5.69 Å². The fraction of sp³-hybridized carbons (Fsp3) is 0.0909. The molecule has 0 fully saturated rings. The molecule has 3 nitrogen and oxygen atoms in total. The van der Waals surface area contributed by atoms with Crippen molar-refractivity contribution in [2.75, 3.05) is 12.4 Å². The van der Waals surface area contributed by atoms with Gasteiger partial charge < -0.3 is 10.6 Å². The van der Waals surface area contributed by atoms with E-state index in [-0.39, 0.29) is 0 Å². The summed E-state index contributed by atoms with van der Waals surface area (Å²) in [6.45, 7) is 0. The zero-order valence-electron chi connectivity index (χ0n) is 8.62. The molecule has 0 bridgehead atoms. The van der Waals surface area contributed by atoms with Crippen LogP contribution in [0.15, 0.2) is 30.5 Å². The highest BCUT2D eigenvalue weighted by molar-refractivity contribution is 7.80. The minimum atomic E-state index is 0.550. The van der Waals surface area contributed by atoms with Crippen molar-refractivity contribution in [2.45, 2.75) is 0 Å². The Hall–Kier alpha value is -1.39. The lowest BCUT2D eigenvalue weighted by atomic mass is 10.2. The molecule has 0 aliphatic carbocycles. The van der Waals surface area contributed by atoms with Crippen molar-refractivity contribution in [1.82, 2.24) is 10.3 Å². The number of halogens is 1. The Morgan fingerprint density at radius 1 is 1.38 bits per heavy atom. The molecule has 1 aromatic carbocycles. The van der Waals surface area contributed by atoms with E-state index in [9.17, 15) is 0 Å². The monoisotopic (exact) mass is 251 g/mol. The summed E-state index contributed by atoms with van der Waals surface area (Å²) in [5.41, 5.74) is 1.66. The van der Waals surface area contributed by atoms with E-state index < -0.39 is 0 Å². The number of nitrogens with zero attached hydrogens (tertiary/aromatic N) is 1. The molecule has 0 radical (unpaired) electrons. The maximum Gasteiger partial charge on any atom is 0.170 e. The van der Waals surface area contributed by atoms with Crippen LogP contribution in [0.25, 0.3) is 10.9 Å². The minimum absolute atomic E-state index is 0.550. The molecule has 16 heavy (non-hydrogen) atoms. The number of thiocarbonyl (C=S) groups is 1. The summed E-state index contributed by atoms with van der Waals surface area (Å²) >= 11 is 11.1. The summed E-state index contributed by atoms with van der Waals surface area (Å²) in [7, 11) is 1.76. The van der Waals surface area contributed by atoms with Crippen LogP contribution >= 0.6 is 23.8 Å². The van der Waals surface area contributed by atoms with Gasteiger partial charge >= 0.3 is 0 Å². The van der Waals surface area contributed by atoms with E-state index in [2.05, 4.69) is 15.6 Å². The van der Waals surface area contributed by atoms with Gasteiger partial charge in [-0.2, -0.15) is 0 Å². The van der Waals surface area contributed by atoms with E-state index in [0.717, 1.165) is 16.6 Å². The first-order chi connectivity index (χ1) is 7.72. The van der Waals surface area contributed by atoms with Crippen LogP contribution in [0.1, 0.15) is 0 Å². The minimum Gasteiger partial charge on any atom is -0.366 e. The quantitative estimate of drug-likeness (QED) is 0.765. The Balaban J connectivity index is 2.54. The Kier molecular flexibility index (Phi) is 3.22. The first-order valence-electron chi connectivity index (χ1n) is 4.74. The van der Waals surface area contributed by atoms with Crippen LogP contribution in [-0.4, -0.2) is 17.1 Å². The molecule has 0 aliphatic heterocycles. The van der Waals surface area contributed by atoms with Gasteiger partial charge in [-0.3, -0.25) is 4.98 Å². The topological polar surface area (TPSA) is 37.0 Å². The molecule has 1 heterocycles. The normalized spacial score (nSPS) is 10.1. The molecular formula is C11H10ClN3S. The second kappa shape index (κ2) is 4.63. The molecule has 0 unspecified atom stereocenters. The standard InChI is InChI=1S/C11H10ClN3S/c1-13-11(16)15-9-5-4-8(12)7-3-2-6-14-10(7)9/h2-6H,1H3,(H2,13,15,16). The van der Waals surface area contributed by atoms with Gasteiger partial charge in [0.2, 0.25) is 0 Å². The molecule has 5 heteroatoms. The van der Waals surface area contributed by atoms with Crippen molar-refractivity contribution >= 4 is 45.5 Å². The van der Waals surface area contributed by atoms with Crippen molar-refractivity contribution in [3.63, 3.8) is 0 Å². The van der Waals surface area contributed by atoms with Gasteiger partial charge in [-0.1, -0.05) is 11.6 Å². The lowest BCUT2D eigenvalue weighted by Crippen LogP contribution is -2.24. The third-order valence-electron chi connectivity index (χ3n) is 2.19. The van der Waals surface area contributed by atoms with Crippen LogP contribution in [-0.2, 0) is 0 Å². The smallest absolute Gasteiger partial charge is 0.170 e. The molecule has 2 aromatic rings. The highest BCUT2D eigenvalue weighted by Crippen LogP contribution is 2.27. The molecule has 0 saturated carbocycles. The van der Waals surface area contributed by atoms with E-state index in [1.165, 1.54) is 0 Å². The van der Waals surface area contributed by atoms with Crippen molar-refractivity contribution in [3.05, 3.63) is 35.5 Å². The fourth-order valence-electron chi connectivity index (χ4n) is 1.42. The predicted octanol–water partition coefficient (Wildman–Crippen LogP) is 2.80. The molecule has 0 saturated heterocycles. The van der Waals surface area contributed by atoms with Gasteiger partial charge in [-0.15, -0.1) is 0 Å². The van der Waals surface area contributed by atoms with Crippen molar-refractivity contribution in [1.29, 1.82) is 0 Å². The van der Waals surface area contributed by atoms with Gasteiger partial charge in [0.25, 0.3) is 0 Å². The van der Waals surface area contributed by atoms with E-state index in [4.69, 9.17) is 23.8 Å². The summed E-state index contributed by atoms with van der Waals surface area (Å²) in [5.74, 6) is 0. The first kappa shape index (κ1) is 11.1. The van der Waals surface area contributed by atoms with Crippen LogP contribution in [0.3, 0.4) is 0 Å². The van der Waals surface area contributed by atoms with Crippen molar-refractivity contribution in [3.8, 4) is 0 Å². The van der Waals surface area contributed by atoms with Gasteiger partial charge in [0.05, 0.1) is 16.2 Å². The van der Waals surface area contributed by atoms with Gasteiger partial charge in [0.1, 0.15) is 0 Å². The van der Waals surface area contributed by atoms with Crippen LogP contribution < -0.4 is 10.6 Å². The maximum atomic E-state index is 6.08. The Morgan fingerprint density at radius 2 is 2.19 bits per heavy atom. The molecule has 0 aliphatic rings. The van der Waals surface area contributed by atoms with E-state index in [1.54, 1.807) is 13.2 Å². The molecule has 0 amide bonds. The second-order valence-corrected chi connectivity index (χ2v) is 4.01. The molecule has 0 atom stereocenters. The Morgan fingerprint density at radius 3 is 2.94 bits per heavy atom. The van der Waals surface area contributed by atoms with E-state index in [1.807, 2.05) is 24.3 Å². The Bertz CT molecular complexity index is 542. The largest absolute Gasteiger partial charge is 0.366 e. The summed E-state index contributed by atoms with van der Waals surface area (Å²) in [4.78, 5) is 4.29. The van der Waals surface area contributed by atoms with E-state index in [0.29, 0.717) is 10.1 Å². The molecular weight excluding hydrogens is 242 g/mol. The Labute approximate surface area is 104 Å². The SMILES string of the molecule is CNC(=S)Nc1ccc(Cl)c2cccnc12. The van der Waals surface area contributed by atoms with Gasteiger partial charge in [-0.05, 0) is 36.5 Å². The summed E-state index contributed by atoms with van der Waals surface area (Å²) in [6.07, 6.45) is 1.73. The number of aromatic nitrogens is 1. The zero-order valence-corrected chi connectivity index (χ0v) is 10.2. The van der Waals surface area contributed by atoms with Crippen molar-refractivity contribution in [2.24, 2.45) is 0 Å². The first-order valence-corrected chi connectivity index (χ1v) is 5.53. The fourth-order valence-corrected chi connectivity index (χ4v) is 1.75. The number of rotatable bonds is 1. The second-order valence-electron chi connectivity index (χ2n) is 3.20. The number of anilines is 1. The lowest BCUT2D eigenvalue weighted by molar-refractivity contribution is 1.20. The third-order valence-corrected chi connectivity index (χ3v) is 2.83. The molecule has 0 spiro atoms. The number of pyridine rings is 1. The molecule has 2 N–H and O–H groups in total. The van der Waals surface area contributed by atoms with Crippen LogP contribution in [0.2, 0.25) is 5.02 Å². The number of benzene rings is 1. The van der Waals surface area contributed by atoms with Crippen LogP contribution in [0, 0.1) is 0 Å². The predicted molar refractivity (Wildman–Crippen MR) is 72.0 cm³/mol. The number of hydrogen-bond acceptors (Lipinski definition) is 2. The van der Waals surface area contributed by atoms with Crippen LogP contribution in [0.5, 0.6) is 0 Å².